The van der Waals surface area contributed by atoms with Gasteiger partial charge in [0.25, 0.3) is 0 Å². The monoisotopic (exact) mass is 494 g/mol. The number of nitrogens with zero attached hydrogens (tertiary/aromatic N) is 2. The summed E-state index contributed by atoms with van der Waals surface area (Å²) in [6.45, 7) is 0. The van der Waals surface area contributed by atoms with Gasteiger partial charge >= 0.3 is 5.97 Å². The molecule has 0 bridgehead atoms. The molecule has 0 spiro atoms. The van der Waals surface area contributed by atoms with Crippen LogP contribution in [0.5, 0.6) is 0 Å². The number of carboxylic acid groups (broad SMARTS) is 1. The summed E-state index contributed by atoms with van der Waals surface area (Å²) in [5.74, 6) is -0.922. The van der Waals surface area contributed by atoms with Crippen molar-refractivity contribution in [1.82, 2.24) is 4.90 Å². The molecule has 1 fully saturated rings. The Bertz CT molecular complexity index is 989. The Morgan fingerprint density at radius 1 is 1.28 bits per heavy atom. The topological polar surface area (TPSA) is 73.1 Å². The molecule has 29 heavy (non-hydrogen) atoms. The molecule has 0 saturated carbocycles. The van der Waals surface area contributed by atoms with E-state index in [0.29, 0.717) is 5.56 Å². The average molecular weight is 496 g/mol. The fraction of sp³-hybridized carbons (Fsp3) is 0.333. The van der Waals surface area contributed by atoms with Crippen LogP contribution in [0.3, 0.4) is 0 Å². The van der Waals surface area contributed by atoms with Crippen molar-refractivity contribution in [3.05, 3.63) is 70.2 Å². The Balaban J connectivity index is 0.00000205. The van der Waals surface area contributed by atoms with E-state index in [1.54, 1.807) is 0 Å². The van der Waals surface area contributed by atoms with E-state index < -0.39 is 16.9 Å². The van der Waals surface area contributed by atoms with E-state index in [1.807, 2.05) is 53.4 Å². The fourth-order valence-corrected chi connectivity index (χ4v) is 6.35. The summed E-state index contributed by atoms with van der Waals surface area (Å²) in [7, 11) is 0. The van der Waals surface area contributed by atoms with Gasteiger partial charge < -0.3 is 15.1 Å². The number of carbonyl (C=O) groups is 1. The highest BCUT2D eigenvalue weighted by atomic mass is 79.9. The maximum atomic E-state index is 11.9. The van der Waals surface area contributed by atoms with Crippen LogP contribution >= 0.6 is 40.3 Å². The molecule has 0 radical (unpaired) electrons. The SMILES string of the molecule is Br.O=C(O)C[C@H]1SC2=NC3c4ccc(Cl)cc4CCC3N2[C@]1(O)c1ccccc1. The Kier molecular flexibility index (Phi) is 5.44. The first kappa shape index (κ1) is 20.7. The van der Waals surface area contributed by atoms with Gasteiger partial charge in [0.1, 0.15) is 0 Å². The van der Waals surface area contributed by atoms with Gasteiger partial charge in [-0.2, -0.15) is 0 Å². The molecule has 1 aliphatic carbocycles. The molecule has 0 amide bonds. The summed E-state index contributed by atoms with van der Waals surface area (Å²) in [5.41, 5.74) is 1.66. The largest absolute Gasteiger partial charge is 0.481 e. The molecular formula is C21H20BrClN2O3S. The van der Waals surface area contributed by atoms with E-state index in [1.165, 1.54) is 17.3 Å². The van der Waals surface area contributed by atoms with E-state index in [-0.39, 0.29) is 35.5 Å². The van der Waals surface area contributed by atoms with Crippen LogP contribution in [0.1, 0.15) is 35.6 Å². The number of halogens is 2. The number of aliphatic hydroxyl groups is 1. The second-order valence-electron chi connectivity index (χ2n) is 7.47. The van der Waals surface area contributed by atoms with Crippen LogP contribution in [-0.2, 0) is 16.9 Å². The standard InChI is InChI=1S/C21H19ClN2O3S.BrH/c22-14-7-8-15-12(10-14)6-9-16-19(15)23-20-24(16)21(27,13-4-2-1-3-5-13)17(28-20)11-18(25)26;/h1-5,7-8,10,16-17,19,27H,6,9,11H2,(H,25,26);1H/t16?,17-,19?,21+;/m1./s1. The minimum Gasteiger partial charge on any atom is -0.481 e. The molecule has 152 valence electrons. The highest BCUT2D eigenvalue weighted by Crippen LogP contribution is 2.55. The first-order chi connectivity index (χ1) is 13.5. The number of fused-ring (bicyclic) bond motifs is 5. The van der Waals surface area contributed by atoms with Gasteiger partial charge in [-0.15, -0.1) is 17.0 Å². The number of thioether (sulfide) groups is 1. The van der Waals surface area contributed by atoms with Crippen molar-refractivity contribution in [2.45, 2.75) is 42.3 Å². The van der Waals surface area contributed by atoms with Gasteiger partial charge in [-0.25, -0.2) is 0 Å². The second-order valence-corrected chi connectivity index (χ2v) is 9.08. The maximum absolute atomic E-state index is 11.9. The predicted molar refractivity (Wildman–Crippen MR) is 120 cm³/mol. The van der Waals surface area contributed by atoms with Gasteiger partial charge in [-0.1, -0.05) is 59.8 Å². The van der Waals surface area contributed by atoms with Gasteiger partial charge in [0, 0.05) is 10.6 Å². The van der Waals surface area contributed by atoms with Gasteiger partial charge in [-0.05, 0) is 36.1 Å². The third kappa shape index (κ3) is 3.19. The zero-order valence-electron chi connectivity index (χ0n) is 15.4. The molecular weight excluding hydrogens is 476 g/mol. The first-order valence-corrected chi connectivity index (χ1v) is 10.6. The quantitative estimate of drug-likeness (QED) is 0.661. The Morgan fingerprint density at radius 3 is 2.76 bits per heavy atom. The minimum absolute atomic E-state index is 0. The van der Waals surface area contributed by atoms with Crippen molar-refractivity contribution in [1.29, 1.82) is 0 Å². The number of aryl methyl sites for hydroxylation is 1. The number of hydrogen-bond acceptors (Lipinski definition) is 5. The molecule has 2 unspecified atom stereocenters. The van der Waals surface area contributed by atoms with Gasteiger partial charge in [0.2, 0.25) is 0 Å². The molecule has 2 aromatic rings. The van der Waals surface area contributed by atoms with Crippen molar-refractivity contribution in [2.24, 2.45) is 4.99 Å². The second kappa shape index (κ2) is 7.61. The molecule has 5 rings (SSSR count). The van der Waals surface area contributed by atoms with Gasteiger partial charge in [0.05, 0.1) is 23.8 Å². The highest BCUT2D eigenvalue weighted by Gasteiger charge is 2.59. The molecule has 5 nitrogen and oxygen atoms in total. The molecule has 2 aliphatic heterocycles. The zero-order chi connectivity index (χ0) is 19.5. The van der Waals surface area contributed by atoms with Crippen LogP contribution in [0, 0.1) is 0 Å². The van der Waals surface area contributed by atoms with Crippen LogP contribution in [0.2, 0.25) is 5.02 Å². The first-order valence-electron chi connectivity index (χ1n) is 9.30. The number of hydrogen-bond donors (Lipinski definition) is 2. The van der Waals surface area contributed by atoms with Crippen molar-refractivity contribution in [3.63, 3.8) is 0 Å². The third-order valence-corrected chi connectivity index (χ3v) is 7.44. The molecule has 4 atom stereocenters. The normalized spacial score (nSPS) is 29.4. The Hall–Kier alpha value is -1.54. The number of amidine groups is 1. The van der Waals surface area contributed by atoms with E-state index in [9.17, 15) is 15.0 Å². The highest BCUT2D eigenvalue weighted by molar-refractivity contribution is 8.93. The molecule has 3 aliphatic rings. The Morgan fingerprint density at radius 2 is 2.03 bits per heavy atom. The molecule has 8 heteroatoms. The fourth-order valence-electron chi connectivity index (χ4n) is 4.70. The van der Waals surface area contributed by atoms with Crippen LogP contribution in [0.4, 0.5) is 0 Å². The van der Waals surface area contributed by atoms with Gasteiger partial charge in [-0.3, -0.25) is 9.79 Å². The lowest BCUT2D eigenvalue weighted by Gasteiger charge is -2.42. The third-order valence-electron chi connectivity index (χ3n) is 5.91. The number of aliphatic imine (C=N–C) groups is 1. The Labute approximate surface area is 188 Å². The lowest BCUT2D eigenvalue weighted by atomic mass is 9.82. The van der Waals surface area contributed by atoms with Crippen molar-refractivity contribution >= 4 is 51.5 Å². The van der Waals surface area contributed by atoms with Crippen molar-refractivity contribution in [3.8, 4) is 0 Å². The van der Waals surface area contributed by atoms with E-state index in [0.717, 1.165) is 28.6 Å². The summed E-state index contributed by atoms with van der Waals surface area (Å²) < 4.78 is 0. The summed E-state index contributed by atoms with van der Waals surface area (Å²) >= 11 is 7.54. The minimum atomic E-state index is -1.40. The molecule has 1 saturated heterocycles. The van der Waals surface area contributed by atoms with E-state index >= 15 is 0 Å². The van der Waals surface area contributed by atoms with E-state index in [4.69, 9.17) is 16.6 Å². The molecule has 0 aromatic heterocycles. The zero-order valence-corrected chi connectivity index (χ0v) is 18.6. The van der Waals surface area contributed by atoms with Crippen molar-refractivity contribution in [2.75, 3.05) is 0 Å². The number of aliphatic carboxylic acids is 1. The van der Waals surface area contributed by atoms with Crippen LogP contribution in [-0.4, -0.2) is 37.5 Å². The summed E-state index contributed by atoms with van der Waals surface area (Å²) in [5, 5.41) is 22.3. The van der Waals surface area contributed by atoms with Crippen LogP contribution in [0.15, 0.2) is 53.5 Å². The average Bonchev–Trinajstić information content (AvgIpc) is 3.17. The lowest BCUT2D eigenvalue weighted by molar-refractivity contribution is -0.141. The molecule has 2 heterocycles. The number of carboxylic acids is 1. The van der Waals surface area contributed by atoms with E-state index in [2.05, 4.69) is 0 Å². The number of rotatable bonds is 3. The molecule has 2 N–H and O–H groups in total. The molecule has 2 aromatic carbocycles. The smallest absolute Gasteiger partial charge is 0.304 e. The lowest BCUT2D eigenvalue weighted by Crippen LogP contribution is -2.53. The summed E-state index contributed by atoms with van der Waals surface area (Å²) in [4.78, 5) is 18.4. The van der Waals surface area contributed by atoms with Gasteiger partial charge in [0.15, 0.2) is 10.9 Å². The van der Waals surface area contributed by atoms with Crippen molar-refractivity contribution < 1.29 is 15.0 Å². The summed E-state index contributed by atoms with van der Waals surface area (Å²) in [6, 6.07) is 15.2. The number of benzene rings is 2. The van der Waals surface area contributed by atoms with Crippen LogP contribution in [0.25, 0.3) is 0 Å². The van der Waals surface area contributed by atoms with Crippen LogP contribution < -0.4 is 0 Å². The predicted octanol–water partition coefficient (Wildman–Crippen LogP) is 4.38. The summed E-state index contributed by atoms with van der Waals surface area (Å²) in [6.07, 6.45) is 1.56. The maximum Gasteiger partial charge on any atom is 0.304 e.